The minimum atomic E-state index is -4.63. The van der Waals surface area contributed by atoms with Crippen molar-refractivity contribution in [2.75, 3.05) is 13.2 Å². The van der Waals surface area contributed by atoms with E-state index >= 15 is 0 Å². The smallest absolute Gasteiger partial charge is 0.0683 e. The van der Waals surface area contributed by atoms with Gasteiger partial charge in [-0.3, -0.25) is 0 Å². The molecule has 1 aromatic carbocycles. The first-order valence-corrected chi connectivity index (χ1v) is 16.5. The maximum absolute atomic E-state index is 14.2. The van der Waals surface area contributed by atoms with Crippen LogP contribution in [0.4, 0.5) is 18.0 Å². The van der Waals surface area contributed by atoms with Gasteiger partial charge in [0.15, 0.2) is 0 Å². The average molecular weight is 661 g/mol. The Morgan fingerprint density at radius 1 is 1.23 bits per heavy atom. The number of benzene rings is 1. The van der Waals surface area contributed by atoms with Gasteiger partial charge in [-0.1, -0.05) is 45.8 Å². The summed E-state index contributed by atoms with van der Waals surface area (Å²) in [6.07, 6.45) is 6.62. The Bertz CT molecular complexity index is 1300. The fourth-order valence-corrected chi connectivity index (χ4v) is 4.86. The fourth-order valence-electron chi connectivity index (χ4n) is 4.86. The summed E-state index contributed by atoms with van der Waals surface area (Å²) in [4.78, 5) is 19.5. The number of allylic oxidation sites excluding steroid dienone is 2. The molecule has 1 aromatic rings. The molecule has 1 fully saturated rings. The van der Waals surface area contributed by atoms with Crippen LogP contribution in [0.3, 0.4) is 0 Å². The predicted molar refractivity (Wildman–Crippen MR) is 184 cm³/mol. The van der Waals surface area contributed by atoms with Crippen LogP contribution in [0.25, 0.3) is 5.70 Å². The number of alkyl carbamates (subject to hydrolysis) is 1. The van der Waals surface area contributed by atoms with E-state index in [0.29, 0.717) is 24.2 Å². The van der Waals surface area contributed by atoms with Gasteiger partial charge in [-0.15, -0.1) is 0 Å². The number of alkyl halides is 3. The number of hydrogen-bond acceptors (Lipinski definition) is 7. The molecule has 2 atom stereocenters. The molecular formula is C35H52BF3N4O4. The third-order valence-corrected chi connectivity index (χ3v) is 7.20. The maximum atomic E-state index is 14.2. The Morgan fingerprint density at radius 3 is 2.51 bits per heavy atom. The van der Waals surface area contributed by atoms with Crippen LogP contribution >= 0.6 is 0 Å². The van der Waals surface area contributed by atoms with Crippen LogP contribution in [-0.4, -0.2) is 54.3 Å². The Kier molecular flexibility index (Phi) is 18.0. The van der Waals surface area contributed by atoms with Crippen molar-refractivity contribution in [2.45, 2.75) is 119 Å². The standard InChI is InChI=1S/C33H46BF3N4O4.C2H6/c1-8-11-12-13-14-20-43-28-18-17-24(21-25(28)33(35,36)37)26(10-3)39-29(23(4)9-2)27-16-15-19-41(27)30(34-44-22-38)40-31(42)45-32(5,6)7;1-2/h10,13-14,17-18,21,23,27H,8-9,11-12,15-16,19-20H2,1-7H3,(H,40,42);1-2H3/b14-13+,26-10-,39-29?;. The number of nitrogens with one attached hydrogen (secondary N) is 1. The van der Waals surface area contributed by atoms with Crippen molar-refractivity contribution in [2.24, 2.45) is 10.9 Å². The summed E-state index contributed by atoms with van der Waals surface area (Å²) < 4.78 is 58.3. The van der Waals surface area contributed by atoms with Gasteiger partial charge in [0.05, 0.1) is 0 Å². The van der Waals surface area contributed by atoms with Gasteiger partial charge in [0.2, 0.25) is 0 Å². The van der Waals surface area contributed by atoms with Gasteiger partial charge >= 0.3 is 228 Å². The molecule has 1 amide bonds. The summed E-state index contributed by atoms with van der Waals surface area (Å²) in [5.74, 6) is -0.287. The number of amides is 1. The third kappa shape index (κ3) is 13.9. The molecule has 0 bridgehead atoms. The van der Waals surface area contributed by atoms with E-state index in [1.54, 1.807) is 52.2 Å². The van der Waals surface area contributed by atoms with Crippen LogP contribution in [0, 0.1) is 17.4 Å². The number of halogens is 3. The minimum Gasteiger partial charge on any atom is -0.0683 e. The van der Waals surface area contributed by atoms with Gasteiger partial charge in [-0.25, -0.2) is 0 Å². The van der Waals surface area contributed by atoms with E-state index in [0.717, 1.165) is 51.0 Å². The molecule has 0 aliphatic carbocycles. The summed E-state index contributed by atoms with van der Waals surface area (Å²) in [5.41, 5.74) is 0.0358. The van der Waals surface area contributed by atoms with Crippen molar-refractivity contribution in [1.29, 1.82) is 5.26 Å². The molecule has 1 saturated heterocycles. The molecular weight excluding hydrogens is 608 g/mol. The number of carbonyl (C=O) groups is 1. The van der Waals surface area contributed by atoms with Crippen molar-refractivity contribution >= 4 is 30.3 Å². The molecule has 0 saturated carbocycles. The van der Waals surface area contributed by atoms with Crippen LogP contribution in [-0.2, 0) is 15.6 Å². The second kappa shape index (κ2) is 20.5. The molecule has 0 radical (unpaired) electrons. The van der Waals surface area contributed by atoms with Crippen LogP contribution < -0.4 is 10.1 Å². The van der Waals surface area contributed by atoms with E-state index < -0.39 is 23.4 Å². The normalized spacial score (nSPS) is 16.5. The first-order chi connectivity index (χ1) is 22.2. The van der Waals surface area contributed by atoms with Gasteiger partial charge in [0.1, 0.15) is 0 Å². The molecule has 12 heteroatoms. The van der Waals surface area contributed by atoms with Gasteiger partial charge in [0.25, 0.3) is 0 Å². The number of nitriles is 1. The molecule has 260 valence electrons. The Balaban J connectivity index is 0.00000541. The molecule has 8 nitrogen and oxygen atoms in total. The molecule has 1 N–H and O–H groups in total. The fraction of sp³-hybridized carbons (Fsp3) is 0.600. The summed E-state index contributed by atoms with van der Waals surface area (Å²) in [7, 11) is 1.15. The van der Waals surface area contributed by atoms with Crippen LogP contribution in [0.15, 0.2) is 41.4 Å². The largest absolute Gasteiger partial charge is 0.0683 e. The zero-order valence-electron chi connectivity index (χ0n) is 29.5. The molecule has 2 rings (SSSR count). The molecule has 1 aliphatic rings. The SMILES string of the molecule is C/C=C(\N=C(C(C)CC)C1CCCN1C(=BOC#N)NC(=O)OC(C)(C)C)c1ccc(OC/C=C/CCCC)c(C(F)(F)F)c1.CC. The van der Waals surface area contributed by atoms with Gasteiger partial charge < -0.3 is 0 Å². The van der Waals surface area contributed by atoms with Crippen molar-refractivity contribution in [1.82, 2.24) is 10.2 Å². The molecule has 0 aromatic heterocycles. The number of aliphatic imine (C=N–C) groups is 1. The summed E-state index contributed by atoms with van der Waals surface area (Å²) >= 11 is 0. The van der Waals surface area contributed by atoms with E-state index in [1.165, 1.54) is 6.07 Å². The Morgan fingerprint density at radius 2 is 1.94 bits per heavy atom. The quantitative estimate of drug-likeness (QED) is 0.0704. The number of ether oxygens (including phenoxy) is 2. The number of carbonyl (C=O) groups excluding carboxylic acids is 1. The summed E-state index contributed by atoms with van der Waals surface area (Å²) in [5, 5.41) is 11.7. The maximum Gasteiger partial charge on any atom is -0.0683 e. The molecule has 47 heavy (non-hydrogen) atoms. The van der Waals surface area contributed by atoms with Crippen LogP contribution in [0.1, 0.15) is 112 Å². The second-order valence-corrected chi connectivity index (χ2v) is 11.8. The average Bonchev–Trinajstić information content (AvgIpc) is 3.50. The molecule has 1 heterocycles. The monoisotopic (exact) mass is 660 g/mol. The Labute approximate surface area is 280 Å². The topological polar surface area (TPSA) is 96.2 Å². The summed E-state index contributed by atoms with van der Waals surface area (Å²) in [6.45, 7) is 17.6. The second-order valence-electron chi connectivity index (χ2n) is 11.8. The molecule has 1 aliphatic heterocycles. The van der Waals surface area contributed by atoms with Gasteiger partial charge in [-0.2, -0.15) is 0 Å². The zero-order valence-corrected chi connectivity index (χ0v) is 29.5. The van der Waals surface area contributed by atoms with E-state index in [4.69, 9.17) is 24.4 Å². The number of hydrogen-bond donors (Lipinski definition) is 1. The number of likely N-dealkylation sites (tertiary alicyclic amines) is 1. The van der Waals surface area contributed by atoms with E-state index in [1.807, 2.05) is 38.7 Å². The summed E-state index contributed by atoms with van der Waals surface area (Å²) in [6, 6.07) is 3.68. The molecule has 0 spiro atoms. The third-order valence-electron chi connectivity index (χ3n) is 7.20. The minimum absolute atomic E-state index is 0.0408. The van der Waals surface area contributed by atoms with E-state index in [2.05, 4.69) is 12.2 Å². The number of nitrogens with zero attached hydrogens (tertiary/aromatic N) is 3. The van der Waals surface area contributed by atoms with Gasteiger partial charge in [0, 0.05) is 0 Å². The van der Waals surface area contributed by atoms with Crippen molar-refractivity contribution in [3.63, 3.8) is 0 Å². The van der Waals surface area contributed by atoms with E-state index in [9.17, 15) is 18.0 Å². The number of unbranched alkanes of at least 4 members (excludes halogenated alkanes) is 2. The first-order valence-electron chi connectivity index (χ1n) is 16.5. The van der Waals surface area contributed by atoms with Crippen LogP contribution in [0.2, 0.25) is 0 Å². The predicted octanol–water partition coefficient (Wildman–Crippen LogP) is 8.90. The van der Waals surface area contributed by atoms with Crippen molar-refractivity contribution < 1.29 is 32.1 Å². The zero-order chi connectivity index (χ0) is 35.6. The van der Waals surface area contributed by atoms with Crippen molar-refractivity contribution in [3.8, 4) is 12.0 Å². The van der Waals surface area contributed by atoms with Crippen LogP contribution in [0.5, 0.6) is 5.75 Å². The first kappa shape index (κ1) is 41.3. The van der Waals surface area contributed by atoms with Gasteiger partial charge in [-0.05, 0) is 6.42 Å². The number of rotatable bonds is 14. The Hall–Kier alpha value is -3.75. The van der Waals surface area contributed by atoms with Crippen molar-refractivity contribution in [3.05, 3.63) is 47.6 Å². The molecule has 2 unspecified atom stereocenters. The van der Waals surface area contributed by atoms with E-state index in [-0.39, 0.29) is 30.0 Å².